The molecule has 338 valence electrons. The van der Waals surface area contributed by atoms with E-state index in [9.17, 15) is 61.2 Å². The predicted molar refractivity (Wildman–Crippen MR) is 203 cm³/mol. The van der Waals surface area contributed by atoms with Gasteiger partial charge in [-0.05, 0) is 42.8 Å². The van der Waals surface area contributed by atoms with Crippen molar-refractivity contribution in [3.05, 3.63) is 59.7 Å². The highest BCUT2D eigenvalue weighted by molar-refractivity contribution is 5.89. The molecule has 21 heteroatoms. The maximum Gasteiger partial charge on any atom is 0.416 e. The van der Waals surface area contributed by atoms with Crippen LogP contribution in [0, 0.1) is 0 Å². The van der Waals surface area contributed by atoms with Gasteiger partial charge in [0.25, 0.3) is 0 Å². The first-order valence-electron chi connectivity index (χ1n) is 19.6. The van der Waals surface area contributed by atoms with Crippen molar-refractivity contribution in [3.8, 4) is 0 Å². The second-order valence-electron chi connectivity index (χ2n) is 14.1. The monoisotopic (exact) mass is 868 g/mol. The van der Waals surface area contributed by atoms with Crippen LogP contribution in [0.4, 0.5) is 47.3 Å². The van der Waals surface area contributed by atoms with Crippen LogP contribution in [0.3, 0.4) is 0 Å². The highest BCUT2D eigenvalue weighted by Crippen LogP contribution is 2.32. The van der Waals surface area contributed by atoms with Crippen molar-refractivity contribution < 1.29 is 80.1 Å². The third-order valence-corrected chi connectivity index (χ3v) is 9.39. The summed E-state index contributed by atoms with van der Waals surface area (Å²) in [5.41, 5.74) is -2.67. The van der Waals surface area contributed by atoms with Gasteiger partial charge in [-0.2, -0.15) is 26.3 Å². The summed E-state index contributed by atoms with van der Waals surface area (Å²) >= 11 is 0. The molecule has 0 radical (unpaired) electrons. The van der Waals surface area contributed by atoms with Gasteiger partial charge in [0.2, 0.25) is 5.91 Å². The molecule has 1 heterocycles. The van der Waals surface area contributed by atoms with E-state index >= 15 is 0 Å². The summed E-state index contributed by atoms with van der Waals surface area (Å²) in [5.74, 6) is -0.506. The number of carbonyl (C=O) groups excluding carboxylic acids is 3. The van der Waals surface area contributed by atoms with Crippen molar-refractivity contribution in [2.24, 2.45) is 0 Å². The molecule has 15 nitrogen and oxygen atoms in total. The number of rotatable bonds is 23. The fourth-order valence-electron chi connectivity index (χ4n) is 6.24. The first kappa shape index (κ1) is 50.1. The molecule has 2 aromatic rings. The van der Waals surface area contributed by atoms with Gasteiger partial charge >= 0.3 is 24.5 Å². The zero-order chi connectivity index (χ0) is 44.3. The average Bonchev–Trinajstić information content (AvgIpc) is 3.20. The van der Waals surface area contributed by atoms with Crippen molar-refractivity contribution in [3.63, 3.8) is 0 Å². The number of alkyl halides is 6. The smallest absolute Gasteiger partial charge is 0.416 e. The molecule has 0 aromatic heterocycles. The molecule has 0 spiro atoms. The van der Waals surface area contributed by atoms with Crippen molar-refractivity contribution in [2.75, 3.05) is 43.7 Å². The molecule has 7 atom stereocenters. The topological polar surface area (TPSA) is 217 Å². The lowest BCUT2D eigenvalue weighted by atomic mass is 9.94. The Hall–Kier alpha value is -4.25. The van der Waals surface area contributed by atoms with E-state index in [1.165, 1.54) is 6.07 Å². The molecule has 2 aromatic carbocycles. The SMILES string of the molecule is CCCCCCCCCCC(=O)N[C@H]1C(CO)OCC(NC(=O)Nc2cccc(C(F)(F)F)c2)C1O[C@H](COC(=O)Nc1cccc(C(F)(F)F)c1)OC(CO)[C@H](O)CO. The Labute approximate surface area is 343 Å². The van der Waals surface area contributed by atoms with Crippen molar-refractivity contribution in [2.45, 2.75) is 120 Å². The number of urea groups is 1. The zero-order valence-corrected chi connectivity index (χ0v) is 33.0. The normalized spacial score (nSPS) is 19.8. The van der Waals surface area contributed by atoms with Gasteiger partial charge in [-0.15, -0.1) is 0 Å². The summed E-state index contributed by atoms with van der Waals surface area (Å²) in [6.45, 7) is -1.77. The summed E-state index contributed by atoms with van der Waals surface area (Å²) in [5, 5.41) is 49.7. The number of hydrogen-bond donors (Lipinski definition) is 8. The summed E-state index contributed by atoms with van der Waals surface area (Å²) in [4.78, 5) is 39.4. The molecule has 3 rings (SSSR count). The molecule has 1 aliphatic rings. The fourth-order valence-corrected chi connectivity index (χ4v) is 6.24. The molecule has 8 N–H and O–H groups in total. The van der Waals surface area contributed by atoms with Gasteiger partial charge in [0.15, 0.2) is 6.29 Å². The Morgan fingerprint density at radius 1 is 0.817 bits per heavy atom. The first-order valence-corrected chi connectivity index (χ1v) is 19.6. The molecule has 4 unspecified atom stereocenters. The van der Waals surface area contributed by atoms with Crippen LogP contribution in [-0.4, -0.2) is 114 Å². The van der Waals surface area contributed by atoms with Crippen LogP contribution in [0.5, 0.6) is 0 Å². The number of halogens is 6. The number of amides is 4. The fraction of sp³-hybridized carbons (Fsp3) is 0.615. The molecule has 1 fully saturated rings. The van der Waals surface area contributed by atoms with Gasteiger partial charge < -0.3 is 55.3 Å². The minimum atomic E-state index is -4.73. The van der Waals surface area contributed by atoms with Crippen molar-refractivity contribution >= 4 is 29.4 Å². The van der Waals surface area contributed by atoms with E-state index in [4.69, 9.17) is 18.9 Å². The van der Waals surface area contributed by atoms with E-state index < -0.39 is 117 Å². The predicted octanol–water partition coefficient (Wildman–Crippen LogP) is 5.31. The number of benzene rings is 2. The number of aliphatic hydroxyl groups is 4. The molecule has 4 amide bonds. The quantitative estimate of drug-likeness (QED) is 0.0407. The summed E-state index contributed by atoms with van der Waals surface area (Å²) in [6, 6.07) is 3.71. The summed E-state index contributed by atoms with van der Waals surface area (Å²) in [7, 11) is 0. The van der Waals surface area contributed by atoms with Gasteiger partial charge in [-0.3, -0.25) is 10.1 Å². The maximum absolute atomic E-state index is 13.4. The Bertz CT molecular complexity index is 1620. The third kappa shape index (κ3) is 17.0. The standard InChI is InChI=1S/C39H54F6N4O11/c1-2-3-4-5-6-7-8-9-16-32(54)49-34-31(21-52)57-22-28(48-36(55)46-26-14-10-12-24(17-26)38(40,41)42)35(34)60-33(59-30(20-51)29(53)19-50)23-58-37(56)47-27-15-11-13-25(18-27)39(43,44)45/h10-15,17-18,28-31,33-35,50-53H,2-9,16,19-23H2,1H3,(H,47,56)(H,49,54)(H2,46,48,55)/t28?,29-,30?,31?,33-,34+,35?/m1/s1. The molecule has 1 saturated heterocycles. The van der Waals surface area contributed by atoms with Gasteiger partial charge in [0.1, 0.15) is 31.0 Å². The highest BCUT2D eigenvalue weighted by Gasteiger charge is 2.45. The molecule has 1 aliphatic heterocycles. The largest absolute Gasteiger partial charge is 0.444 e. The molecule has 0 aliphatic carbocycles. The molecule has 60 heavy (non-hydrogen) atoms. The first-order chi connectivity index (χ1) is 28.5. The van der Waals surface area contributed by atoms with Gasteiger partial charge in [0.05, 0.1) is 49.6 Å². The number of hydrogen-bond acceptors (Lipinski definition) is 11. The van der Waals surface area contributed by atoms with Crippen LogP contribution in [0.1, 0.15) is 75.8 Å². The second-order valence-corrected chi connectivity index (χ2v) is 14.1. The van der Waals surface area contributed by atoms with Crippen molar-refractivity contribution in [1.29, 1.82) is 0 Å². The van der Waals surface area contributed by atoms with Gasteiger partial charge in [-0.1, -0.05) is 64.0 Å². The Morgan fingerprint density at radius 3 is 1.95 bits per heavy atom. The average molecular weight is 869 g/mol. The Balaban J connectivity index is 1.89. The summed E-state index contributed by atoms with van der Waals surface area (Å²) in [6.07, 6.45) is -11.0. The number of carbonyl (C=O) groups is 3. The maximum atomic E-state index is 13.4. The van der Waals surface area contributed by atoms with Crippen molar-refractivity contribution in [1.82, 2.24) is 10.6 Å². The highest BCUT2D eigenvalue weighted by atomic mass is 19.4. The van der Waals surface area contributed by atoms with E-state index in [1.807, 2.05) is 0 Å². The molecular formula is C39H54F6N4O11. The van der Waals surface area contributed by atoms with Crippen LogP contribution >= 0.6 is 0 Å². The van der Waals surface area contributed by atoms with Crippen LogP contribution in [0.15, 0.2) is 48.5 Å². The minimum Gasteiger partial charge on any atom is -0.444 e. The van der Waals surface area contributed by atoms with Crippen LogP contribution in [0.2, 0.25) is 0 Å². The summed E-state index contributed by atoms with van der Waals surface area (Å²) < 4.78 is 103. The van der Waals surface area contributed by atoms with Gasteiger partial charge in [-0.25, -0.2) is 9.59 Å². The lowest BCUT2D eigenvalue weighted by Crippen LogP contribution is -2.67. The third-order valence-electron chi connectivity index (χ3n) is 9.39. The zero-order valence-electron chi connectivity index (χ0n) is 33.0. The van der Waals surface area contributed by atoms with Crippen LogP contribution in [0.25, 0.3) is 0 Å². The number of anilines is 2. The molecule has 0 bridgehead atoms. The van der Waals surface area contributed by atoms with E-state index in [1.54, 1.807) is 0 Å². The molecule has 0 saturated carbocycles. The van der Waals surface area contributed by atoms with E-state index in [-0.39, 0.29) is 17.8 Å². The van der Waals surface area contributed by atoms with E-state index in [2.05, 4.69) is 28.2 Å². The Morgan fingerprint density at radius 2 is 1.40 bits per heavy atom. The van der Waals surface area contributed by atoms with Crippen LogP contribution < -0.4 is 21.3 Å². The lowest BCUT2D eigenvalue weighted by molar-refractivity contribution is -0.254. The minimum absolute atomic E-state index is 0.0402. The van der Waals surface area contributed by atoms with E-state index in [0.29, 0.717) is 18.6 Å². The number of nitrogens with one attached hydrogen (secondary N) is 4. The second kappa shape index (κ2) is 24.9. The number of ether oxygens (including phenoxy) is 4. The number of unbranched alkanes of at least 4 members (excludes halogenated alkanes) is 7. The van der Waals surface area contributed by atoms with Gasteiger partial charge in [0, 0.05) is 17.8 Å². The number of aliphatic hydroxyl groups excluding tert-OH is 4. The Kier molecular flexibility index (Phi) is 20.8. The van der Waals surface area contributed by atoms with E-state index in [0.717, 1.165) is 75.3 Å². The van der Waals surface area contributed by atoms with Crippen LogP contribution in [-0.2, 0) is 36.1 Å². The lowest BCUT2D eigenvalue weighted by Gasteiger charge is -2.44. The molecular weight excluding hydrogens is 814 g/mol.